The van der Waals surface area contributed by atoms with Crippen molar-refractivity contribution < 1.29 is 13.2 Å². The Bertz CT molecular complexity index is 528. The van der Waals surface area contributed by atoms with Crippen LogP contribution in [0.2, 0.25) is 0 Å². The molecule has 3 heteroatoms. The number of rotatable bonds is 2. The highest BCUT2D eigenvalue weighted by atomic mass is 19.4. The molecular formula is C16H15F3. The highest BCUT2D eigenvalue weighted by Crippen LogP contribution is 2.33. The molecule has 0 fully saturated rings. The molecule has 1 aliphatic carbocycles. The quantitative estimate of drug-likeness (QED) is 0.687. The first-order valence-electron chi connectivity index (χ1n) is 6.18. The molecule has 0 saturated heterocycles. The van der Waals surface area contributed by atoms with Crippen molar-refractivity contribution in [3.8, 4) is 0 Å². The van der Waals surface area contributed by atoms with Gasteiger partial charge in [0.2, 0.25) is 0 Å². The molecule has 0 unspecified atom stereocenters. The zero-order valence-electron chi connectivity index (χ0n) is 10.7. The Balaban J connectivity index is 2.13. The molecule has 0 nitrogen and oxygen atoms in total. The molecule has 19 heavy (non-hydrogen) atoms. The van der Waals surface area contributed by atoms with Crippen molar-refractivity contribution in [2.24, 2.45) is 0 Å². The first-order chi connectivity index (χ1) is 8.95. The largest absolute Gasteiger partial charge is 0.412 e. The van der Waals surface area contributed by atoms with Gasteiger partial charge in [-0.3, -0.25) is 0 Å². The molecule has 1 aromatic carbocycles. The molecule has 0 spiro atoms. The van der Waals surface area contributed by atoms with Crippen molar-refractivity contribution in [3.63, 3.8) is 0 Å². The van der Waals surface area contributed by atoms with Crippen molar-refractivity contribution in [3.05, 3.63) is 64.8 Å². The number of allylic oxidation sites excluding steroid dienone is 5. The standard InChI is InChI=1S/C16H15F3/c1-12-5-7-13(8-6-12)9-10-14-3-2-4-15(11-14)16(17,18)19/h3,5-11H,2,4H2,1H3/b10-9+. The number of hydrogen-bond donors (Lipinski definition) is 0. The van der Waals surface area contributed by atoms with Gasteiger partial charge in [-0.05, 0) is 37.0 Å². The zero-order valence-corrected chi connectivity index (χ0v) is 10.7. The molecule has 100 valence electrons. The van der Waals surface area contributed by atoms with Gasteiger partial charge in [0.05, 0.1) is 0 Å². The van der Waals surface area contributed by atoms with Crippen LogP contribution in [-0.2, 0) is 0 Å². The van der Waals surface area contributed by atoms with E-state index >= 15 is 0 Å². The van der Waals surface area contributed by atoms with Gasteiger partial charge in [0, 0.05) is 5.57 Å². The summed E-state index contributed by atoms with van der Waals surface area (Å²) < 4.78 is 37.8. The van der Waals surface area contributed by atoms with Crippen LogP contribution in [0.15, 0.2) is 53.6 Å². The van der Waals surface area contributed by atoms with Crippen molar-refractivity contribution in [2.45, 2.75) is 25.9 Å². The van der Waals surface area contributed by atoms with Gasteiger partial charge >= 0.3 is 6.18 Å². The normalized spacial score (nSPS) is 16.4. The van der Waals surface area contributed by atoms with Crippen LogP contribution in [0.1, 0.15) is 24.0 Å². The molecule has 1 aromatic rings. The van der Waals surface area contributed by atoms with Crippen molar-refractivity contribution in [2.75, 3.05) is 0 Å². The van der Waals surface area contributed by atoms with E-state index in [4.69, 9.17) is 0 Å². The van der Waals surface area contributed by atoms with Crippen molar-refractivity contribution in [1.29, 1.82) is 0 Å². The van der Waals surface area contributed by atoms with Crippen LogP contribution in [0.4, 0.5) is 13.2 Å². The van der Waals surface area contributed by atoms with E-state index in [9.17, 15) is 13.2 Å². The first-order valence-corrected chi connectivity index (χ1v) is 6.18. The van der Waals surface area contributed by atoms with Gasteiger partial charge in [0.25, 0.3) is 0 Å². The van der Waals surface area contributed by atoms with Crippen molar-refractivity contribution >= 4 is 6.08 Å². The van der Waals surface area contributed by atoms with E-state index in [1.165, 1.54) is 6.08 Å². The van der Waals surface area contributed by atoms with Gasteiger partial charge in [-0.2, -0.15) is 13.2 Å². The van der Waals surface area contributed by atoms with Crippen LogP contribution in [0.5, 0.6) is 0 Å². The number of aryl methyl sites for hydroxylation is 1. The third kappa shape index (κ3) is 3.85. The van der Waals surface area contributed by atoms with Crippen LogP contribution in [-0.4, -0.2) is 6.18 Å². The average molecular weight is 264 g/mol. The smallest absolute Gasteiger partial charge is 0.166 e. The van der Waals surface area contributed by atoms with Crippen LogP contribution >= 0.6 is 0 Å². The van der Waals surface area contributed by atoms with E-state index in [0.717, 1.165) is 11.1 Å². The van der Waals surface area contributed by atoms with Gasteiger partial charge in [0.1, 0.15) is 0 Å². The fraction of sp³-hybridized carbons (Fsp3) is 0.250. The van der Waals surface area contributed by atoms with Gasteiger partial charge < -0.3 is 0 Å². The second kappa shape index (κ2) is 5.47. The minimum atomic E-state index is -4.21. The van der Waals surface area contributed by atoms with E-state index in [0.29, 0.717) is 12.0 Å². The summed E-state index contributed by atoms with van der Waals surface area (Å²) in [5.74, 6) is 0. The van der Waals surface area contributed by atoms with E-state index < -0.39 is 11.7 Å². The molecule has 0 atom stereocenters. The summed E-state index contributed by atoms with van der Waals surface area (Å²) in [4.78, 5) is 0. The van der Waals surface area contributed by atoms with E-state index in [1.54, 1.807) is 6.08 Å². The van der Waals surface area contributed by atoms with E-state index in [2.05, 4.69) is 0 Å². The summed E-state index contributed by atoms with van der Waals surface area (Å²) in [7, 11) is 0. The molecule has 0 aliphatic heterocycles. The Kier molecular flexibility index (Phi) is 3.93. The molecule has 0 radical (unpaired) electrons. The lowest BCUT2D eigenvalue weighted by Gasteiger charge is -2.14. The third-order valence-electron chi connectivity index (χ3n) is 3.04. The molecule has 0 bridgehead atoms. The third-order valence-corrected chi connectivity index (χ3v) is 3.04. The Morgan fingerprint density at radius 1 is 1.05 bits per heavy atom. The van der Waals surface area contributed by atoms with Gasteiger partial charge in [0.15, 0.2) is 0 Å². The number of benzene rings is 1. The van der Waals surface area contributed by atoms with Crippen LogP contribution in [0.3, 0.4) is 0 Å². The summed E-state index contributed by atoms with van der Waals surface area (Å²) >= 11 is 0. The highest BCUT2D eigenvalue weighted by molar-refractivity contribution is 5.56. The predicted molar refractivity (Wildman–Crippen MR) is 71.7 cm³/mol. The average Bonchev–Trinajstić information content (AvgIpc) is 2.37. The number of halogens is 3. The van der Waals surface area contributed by atoms with Crippen molar-refractivity contribution in [1.82, 2.24) is 0 Å². The van der Waals surface area contributed by atoms with Crippen LogP contribution in [0, 0.1) is 6.92 Å². The summed E-state index contributed by atoms with van der Waals surface area (Å²) in [5, 5.41) is 0. The summed E-state index contributed by atoms with van der Waals surface area (Å²) in [6.07, 6.45) is 2.94. The van der Waals surface area contributed by atoms with Gasteiger partial charge in [-0.15, -0.1) is 0 Å². The Morgan fingerprint density at radius 2 is 1.74 bits per heavy atom. The van der Waals surface area contributed by atoms with Gasteiger partial charge in [-0.25, -0.2) is 0 Å². The Labute approximate surface area is 111 Å². The lowest BCUT2D eigenvalue weighted by molar-refractivity contribution is -0.0941. The number of alkyl halides is 3. The molecule has 0 saturated carbocycles. The minimum absolute atomic E-state index is 0.0748. The summed E-state index contributed by atoms with van der Waals surface area (Å²) in [6.45, 7) is 2.00. The fourth-order valence-corrected chi connectivity index (χ4v) is 1.94. The maximum atomic E-state index is 12.6. The Morgan fingerprint density at radius 3 is 2.37 bits per heavy atom. The van der Waals surface area contributed by atoms with Crippen LogP contribution in [0.25, 0.3) is 6.08 Å². The van der Waals surface area contributed by atoms with E-state index in [-0.39, 0.29) is 6.42 Å². The second-order valence-corrected chi connectivity index (χ2v) is 4.65. The SMILES string of the molecule is Cc1ccc(/C=C/C2=CCCC(C(F)(F)F)=C2)cc1. The molecular weight excluding hydrogens is 249 g/mol. The molecule has 0 aromatic heterocycles. The molecule has 1 aliphatic rings. The van der Waals surface area contributed by atoms with E-state index in [1.807, 2.05) is 43.3 Å². The summed E-state index contributed by atoms with van der Waals surface area (Å²) in [6, 6.07) is 7.85. The minimum Gasteiger partial charge on any atom is -0.166 e. The highest BCUT2D eigenvalue weighted by Gasteiger charge is 2.33. The molecule has 0 N–H and O–H groups in total. The maximum absolute atomic E-state index is 12.6. The van der Waals surface area contributed by atoms with Crippen LogP contribution < -0.4 is 0 Å². The number of hydrogen-bond acceptors (Lipinski definition) is 0. The Hall–Kier alpha value is -1.77. The van der Waals surface area contributed by atoms with Gasteiger partial charge in [-0.1, -0.05) is 48.1 Å². The predicted octanol–water partition coefficient (Wildman–Crippen LogP) is 5.22. The molecule has 0 heterocycles. The zero-order chi connectivity index (χ0) is 13.9. The molecule has 0 amide bonds. The second-order valence-electron chi connectivity index (χ2n) is 4.65. The maximum Gasteiger partial charge on any atom is 0.412 e. The lowest BCUT2D eigenvalue weighted by atomic mass is 9.98. The first kappa shape index (κ1) is 13.7. The topological polar surface area (TPSA) is 0 Å². The fourth-order valence-electron chi connectivity index (χ4n) is 1.94. The monoisotopic (exact) mass is 264 g/mol. The summed E-state index contributed by atoms with van der Waals surface area (Å²) in [5.41, 5.74) is 2.32. The lowest BCUT2D eigenvalue weighted by Crippen LogP contribution is -2.13. The molecule has 2 rings (SSSR count).